The fraction of sp³-hybridized carbons (Fsp3) is 0.471. The van der Waals surface area contributed by atoms with E-state index in [1.807, 2.05) is 36.6 Å². The number of nitriles is 1. The van der Waals surface area contributed by atoms with Crippen LogP contribution in [0.25, 0.3) is 0 Å². The summed E-state index contributed by atoms with van der Waals surface area (Å²) in [5.74, 6) is -0.275. The lowest BCUT2D eigenvalue weighted by Gasteiger charge is -2.27. The van der Waals surface area contributed by atoms with E-state index in [-0.39, 0.29) is 18.4 Å². The predicted octanol–water partition coefficient (Wildman–Crippen LogP) is 2.04. The zero-order valence-corrected chi connectivity index (χ0v) is 15.4. The van der Waals surface area contributed by atoms with Crippen molar-refractivity contribution in [2.24, 2.45) is 0 Å². The molecule has 6 nitrogen and oxygen atoms in total. The number of nitrogens with one attached hydrogen (secondary N) is 1. The maximum atomic E-state index is 12.3. The summed E-state index contributed by atoms with van der Waals surface area (Å²) >= 11 is 1.56. The highest BCUT2D eigenvalue weighted by molar-refractivity contribution is 7.98. The Kier molecular flexibility index (Phi) is 8.30. The number of para-hydroxylation sites is 1. The lowest BCUT2D eigenvalue weighted by atomic mass is 10.2. The average molecular weight is 348 g/mol. The van der Waals surface area contributed by atoms with Crippen molar-refractivity contribution in [3.05, 3.63) is 24.3 Å². The fourth-order valence-corrected chi connectivity index (χ4v) is 2.69. The van der Waals surface area contributed by atoms with Crippen molar-refractivity contribution in [2.75, 3.05) is 38.8 Å². The molecule has 0 radical (unpaired) electrons. The van der Waals surface area contributed by atoms with Crippen molar-refractivity contribution in [3.63, 3.8) is 0 Å². The Bertz CT molecular complexity index is 615. The molecule has 2 amide bonds. The van der Waals surface area contributed by atoms with Crippen molar-refractivity contribution < 1.29 is 9.59 Å². The highest BCUT2D eigenvalue weighted by atomic mass is 32.2. The number of hydrogen-bond donors (Lipinski definition) is 1. The van der Waals surface area contributed by atoms with Gasteiger partial charge in [-0.2, -0.15) is 5.26 Å². The number of amides is 2. The molecule has 7 heteroatoms. The van der Waals surface area contributed by atoms with E-state index in [4.69, 9.17) is 5.26 Å². The lowest BCUT2D eigenvalue weighted by Crippen LogP contribution is -2.46. The van der Waals surface area contributed by atoms with Gasteiger partial charge in [0.25, 0.3) is 0 Å². The highest BCUT2D eigenvalue weighted by Crippen LogP contribution is 2.24. The average Bonchev–Trinajstić information content (AvgIpc) is 2.58. The van der Waals surface area contributed by atoms with Crippen LogP contribution < -0.4 is 5.32 Å². The van der Waals surface area contributed by atoms with E-state index in [1.165, 1.54) is 4.90 Å². The number of nitrogens with zero attached hydrogens (tertiary/aromatic N) is 3. The van der Waals surface area contributed by atoms with Gasteiger partial charge in [-0.05, 0) is 32.4 Å². The van der Waals surface area contributed by atoms with Crippen molar-refractivity contribution in [3.8, 4) is 6.07 Å². The monoisotopic (exact) mass is 348 g/mol. The van der Waals surface area contributed by atoms with E-state index < -0.39 is 6.04 Å². The van der Waals surface area contributed by atoms with E-state index in [0.29, 0.717) is 13.0 Å². The summed E-state index contributed by atoms with van der Waals surface area (Å²) in [6, 6.07) is 9.18. The van der Waals surface area contributed by atoms with Crippen LogP contribution in [-0.2, 0) is 9.59 Å². The number of likely N-dealkylation sites (N-methyl/N-ethyl adjacent to an activating group) is 2. The number of carbonyl (C=O) groups is 2. The normalized spacial score (nSPS) is 11.7. The third kappa shape index (κ3) is 5.87. The quantitative estimate of drug-likeness (QED) is 0.728. The molecule has 1 aromatic rings. The minimum Gasteiger partial charge on any atom is -0.343 e. The number of rotatable bonds is 8. The van der Waals surface area contributed by atoms with Crippen molar-refractivity contribution in [2.45, 2.75) is 24.3 Å². The number of anilines is 1. The molecule has 1 aromatic carbocycles. The predicted molar refractivity (Wildman–Crippen MR) is 96.8 cm³/mol. The molecule has 1 rings (SSSR count). The van der Waals surface area contributed by atoms with E-state index in [9.17, 15) is 9.59 Å². The SMILES string of the molecule is CSc1ccccc1NC(=O)CN(C)C(C)C(=O)N(C)CCC#N. The second-order valence-corrected chi connectivity index (χ2v) is 6.36. The Balaban J connectivity index is 2.59. The Labute approximate surface area is 147 Å². The smallest absolute Gasteiger partial charge is 0.239 e. The topological polar surface area (TPSA) is 76.4 Å². The van der Waals surface area contributed by atoms with Crippen LogP contribution in [0, 0.1) is 11.3 Å². The zero-order valence-electron chi connectivity index (χ0n) is 14.6. The van der Waals surface area contributed by atoms with Crippen molar-refractivity contribution >= 4 is 29.3 Å². The van der Waals surface area contributed by atoms with Crippen molar-refractivity contribution in [1.82, 2.24) is 9.80 Å². The van der Waals surface area contributed by atoms with Gasteiger partial charge in [-0.1, -0.05) is 12.1 Å². The summed E-state index contributed by atoms with van der Waals surface area (Å²) in [6.45, 7) is 2.26. The molecule has 0 aliphatic carbocycles. The van der Waals surface area contributed by atoms with Gasteiger partial charge in [0.2, 0.25) is 11.8 Å². The standard InChI is InChI=1S/C17H24N4O2S/c1-13(17(23)20(2)11-7-10-18)21(3)12-16(22)19-14-8-5-6-9-15(14)24-4/h5-6,8-9,13H,7,11-12H2,1-4H3,(H,19,22). The van der Waals surface area contributed by atoms with E-state index in [2.05, 4.69) is 5.32 Å². The molecule has 0 saturated heterocycles. The number of benzene rings is 1. The van der Waals surface area contributed by atoms with Crippen molar-refractivity contribution in [1.29, 1.82) is 5.26 Å². The van der Waals surface area contributed by atoms with Gasteiger partial charge in [-0.15, -0.1) is 11.8 Å². The third-order valence-electron chi connectivity index (χ3n) is 3.73. The molecule has 1 N–H and O–H groups in total. The maximum Gasteiger partial charge on any atom is 0.239 e. The molecule has 0 bridgehead atoms. The van der Waals surface area contributed by atoms with Crippen LogP contribution in [0.5, 0.6) is 0 Å². The Morgan fingerprint density at radius 1 is 1.33 bits per heavy atom. The Morgan fingerprint density at radius 2 is 2.00 bits per heavy atom. The van der Waals surface area contributed by atoms with Gasteiger partial charge in [0.05, 0.1) is 30.8 Å². The Morgan fingerprint density at radius 3 is 2.62 bits per heavy atom. The summed E-state index contributed by atoms with van der Waals surface area (Å²) in [4.78, 5) is 28.7. The first-order valence-electron chi connectivity index (χ1n) is 7.65. The lowest BCUT2D eigenvalue weighted by molar-refractivity contribution is -0.135. The molecule has 0 aliphatic heterocycles. The fourth-order valence-electron chi connectivity index (χ4n) is 2.14. The van der Waals surface area contributed by atoms with Gasteiger partial charge < -0.3 is 10.2 Å². The highest BCUT2D eigenvalue weighted by Gasteiger charge is 2.23. The van der Waals surface area contributed by atoms with Crippen LogP contribution in [0.4, 0.5) is 5.69 Å². The number of carbonyl (C=O) groups excluding carboxylic acids is 2. The van der Waals surface area contributed by atoms with Crippen LogP contribution in [0.1, 0.15) is 13.3 Å². The molecule has 0 fully saturated rings. The minimum atomic E-state index is -0.435. The van der Waals surface area contributed by atoms with E-state index in [1.54, 1.807) is 37.7 Å². The first kappa shape index (κ1) is 20.0. The second-order valence-electron chi connectivity index (χ2n) is 5.51. The summed E-state index contributed by atoms with van der Waals surface area (Å²) in [5, 5.41) is 11.5. The summed E-state index contributed by atoms with van der Waals surface area (Å²) < 4.78 is 0. The summed E-state index contributed by atoms with van der Waals surface area (Å²) in [7, 11) is 3.40. The van der Waals surface area contributed by atoms with E-state index >= 15 is 0 Å². The number of hydrogen-bond acceptors (Lipinski definition) is 5. The van der Waals surface area contributed by atoms with Crippen LogP contribution in [0.2, 0.25) is 0 Å². The van der Waals surface area contributed by atoms with Crippen LogP contribution >= 0.6 is 11.8 Å². The largest absolute Gasteiger partial charge is 0.343 e. The molecule has 0 heterocycles. The van der Waals surface area contributed by atoms with Crippen LogP contribution in [-0.4, -0.2) is 61.1 Å². The molecule has 0 aromatic heterocycles. The first-order chi connectivity index (χ1) is 11.4. The third-order valence-corrected chi connectivity index (χ3v) is 4.52. The van der Waals surface area contributed by atoms with Gasteiger partial charge in [0.15, 0.2) is 0 Å². The van der Waals surface area contributed by atoms with Gasteiger partial charge in [-0.25, -0.2) is 0 Å². The van der Waals surface area contributed by atoms with E-state index in [0.717, 1.165) is 10.6 Å². The molecule has 1 atom stereocenters. The summed E-state index contributed by atoms with van der Waals surface area (Å²) in [6.07, 6.45) is 2.25. The van der Waals surface area contributed by atoms with Gasteiger partial charge in [0, 0.05) is 18.5 Å². The minimum absolute atomic E-state index is 0.106. The van der Waals surface area contributed by atoms with Crippen LogP contribution in [0.15, 0.2) is 29.2 Å². The molecule has 0 saturated carbocycles. The van der Waals surface area contributed by atoms with Gasteiger partial charge >= 0.3 is 0 Å². The van der Waals surface area contributed by atoms with Gasteiger partial charge in [-0.3, -0.25) is 14.5 Å². The molecular weight excluding hydrogens is 324 g/mol. The number of thioether (sulfide) groups is 1. The van der Waals surface area contributed by atoms with Gasteiger partial charge in [0.1, 0.15) is 0 Å². The Hall–Kier alpha value is -2.04. The molecule has 24 heavy (non-hydrogen) atoms. The molecular formula is C17H24N4O2S. The summed E-state index contributed by atoms with van der Waals surface area (Å²) in [5.41, 5.74) is 0.772. The first-order valence-corrected chi connectivity index (χ1v) is 8.88. The molecule has 1 unspecified atom stereocenters. The van der Waals surface area contributed by atoms with Crippen LogP contribution in [0.3, 0.4) is 0 Å². The zero-order chi connectivity index (χ0) is 18.1. The molecule has 0 aliphatic rings. The maximum absolute atomic E-state index is 12.3. The second kappa shape index (κ2) is 9.96. The molecule has 130 valence electrons. The molecule has 0 spiro atoms.